The van der Waals surface area contributed by atoms with Crippen LogP contribution in [-0.4, -0.2) is 6.21 Å². The Balaban J connectivity index is 1.77. The maximum atomic E-state index is 4.96. The number of hydrogen-bond donors (Lipinski definition) is 0. The van der Waals surface area contributed by atoms with E-state index in [1.165, 1.54) is 32.7 Å². The van der Waals surface area contributed by atoms with Crippen LogP contribution in [0.25, 0.3) is 21.5 Å². The van der Waals surface area contributed by atoms with E-state index in [1.54, 1.807) is 0 Å². The Hall–Kier alpha value is -2.93. The monoisotopic (exact) mass is 365 g/mol. The van der Waals surface area contributed by atoms with Crippen LogP contribution in [0.15, 0.2) is 77.8 Å². The molecule has 0 aliphatic rings. The van der Waals surface area contributed by atoms with Gasteiger partial charge in [0.2, 0.25) is 0 Å². The second-order valence-electron chi connectivity index (χ2n) is 8.16. The van der Waals surface area contributed by atoms with E-state index >= 15 is 0 Å². The van der Waals surface area contributed by atoms with Crippen LogP contribution >= 0.6 is 0 Å². The lowest BCUT2D eigenvalue weighted by molar-refractivity contribution is 0.835. The number of benzene rings is 4. The molecular weight excluding hydrogens is 338 g/mol. The molecule has 1 heteroatoms. The summed E-state index contributed by atoms with van der Waals surface area (Å²) in [5, 5.41) is 5.07. The minimum atomic E-state index is 0.453. The van der Waals surface area contributed by atoms with E-state index < -0.39 is 0 Å². The van der Waals surface area contributed by atoms with Gasteiger partial charge in [-0.15, -0.1) is 0 Å². The fraction of sp³-hybridized carbons (Fsp3) is 0.222. The van der Waals surface area contributed by atoms with E-state index in [1.807, 2.05) is 6.21 Å². The van der Waals surface area contributed by atoms with Gasteiger partial charge < -0.3 is 0 Å². The first-order valence-corrected chi connectivity index (χ1v) is 10.1. The maximum Gasteiger partial charge on any atom is 0.0699 e. The van der Waals surface area contributed by atoms with Crippen LogP contribution in [0.2, 0.25) is 0 Å². The lowest BCUT2D eigenvalue weighted by atomic mass is 9.93. The Morgan fingerprint density at radius 2 is 1.18 bits per heavy atom. The third-order valence-corrected chi connectivity index (χ3v) is 5.41. The summed E-state index contributed by atoms with van der Waals surface area (Å²) in [7, 11) is 0. The van der Waals surface area contributed by atoms with Crippen LogP contribution in [-0.2, 0) is 0 Å². The summed E-state index contributed by atoms with van der Waals surface area (Å²) in [5.41, 5.74) is 4.89. The summed E-state index contributed by atoms with van der Waals surface area (Å²) in [6.45, 7) is 8.94. The van der Waals surface area contributed by atoms with Gasteiger partial charge in [-0.25, -0.2) is 0 Å². The van der Waals surface area contributed by atoms with Gasteiger partial charge in [-0.1, -0.05) is 82.3 Å². The highest BCUT2D eigenvalue weighted by Gasteiger charge is 2.12. The molecule has 1 nitrogen and oxygen atoms in total. The van der Waals surface area contributed by atoms with Gasteiger partial charge in [-0.3, -0.25) is 4.99 Å². The zero-order chi connectivity index (χ0) is 19.7. The van der Waals surface area contributed by atoms with E-state index in [4.69, 9.17) is 4.99 Å². The third-order valence-electron chi connectivity index (χ3n) is 5.41. The van der Waals surface area contributed by atoms with E-state index in [-0.39, 0.29) is 0 Å². The van der Waals surface area contributed by atoms with Crippen LogP contribution in [0.1, 0.15) is 56.2 Å². The number of rotatable bonds is 4. The second-order valence-corrected chi connectivity index (χ2v) is 8.16. The number of nitrogens with zero attached hydrogens (tertiary/aromatic N) is 1. The van der Waals surface area contributed by atoms with Crippen molar-refractivity contribution in [3.8, 4) is 0 Å². The molecule has 0 aliphatic heterocycles. The summed E-state index contributed by atoms with van der Waals surface area (Å²) < 4.78 is 0. The van der Waals surface area contributed by atoms with Gasteiger partial charge in [0, 0.05) is 6.21 Å². The van der Waals surface area contributed by atoms with E-state index in [0.717, 1.165) is 11.3 Å². The Bertz CT molecular complexity index is 1140. The van der Waals surface area contributed by atoms with Crippen molar-refractivity contribution < 1.29 is 0 Å². The summed E-state index contributed by atoms with van der Waals surface area (Å²) in [5.74, 6) is 0.905. The van der Waals surface area contributed by atoms with E-state index in [0.29, 0.717) is 11.8 Å². The molecule has 0 heterocycles. The Labute approximate surface area is 167 Å². The van der Waals surface area contributed by atoms with Crippen molar-refractivity contribution in [1.29, 1.82) is 0 Å². The maximum absolute atomic E-state index is 4.96. The van der Waals surface area contributed by atoms with Crippen LogP contribution < -0.4 is 0 Å². The molecule has 0 atom stereocenters. The first-order valence-electron chi connectivity index (χ1n) is 10.1. The van der Waals surface area contributed by atoms with Crippen molar-refractivity contribution in [3.05, 3.63) is 89.5 Å². The molecule has 0 N–H and O–H groups in total. The van der Waals surface area contributed by atoms with Crippen LogP contribution in [0, 0.1) is 0 Å². The molecule has 0 bridgehead atoms. The quantitative estimate of drug-likeness (QED) is 0.257. The zero-order valence-electron chi connectivity index (χ0n) is 17.1. The second kappa shape index (κ2) is 7.59. The molecule has 0 amide bonds. The highest BCUT2D eigenvalue weighted by atomic mass is 14.7. The number of para-hydroxylation sites is 1. The largest absolute Gasteiger partial charge is 0.256 e. The van der Waals surface area contributed by atoms with Crippen molar-refractivity contribution in [2.45, 2.75) is 39.5 Å². The zero-order valence-corrected chi connectivity index (χ0v) is 17.1. The normalized spacial score (nSPS) is 12.1. The fourth-order valence-electron chi connectivity index (χ4n) is 3.84. The average molecular weight is 366 g/mol. The number of aliphatic imine (C=N–C) groups is 1. The lowest BCUT2D eigenvalue weighted by Crippen LogP contribution is -1.95. The van der Waals surface area contributed by atoms with Crippen LogP contribution in [0.3, 0.4) is 0 Å². The Morgan fingerprint density at radius 3 is 1.79 bits per heavy atom. The molecule has 0 saturated heterocycles. The first-order chi connectivity index (χ1) is 13.5. The first kappa shape index (κ1) is 18.4. The lowest BCUT2D eigenvalue weighted by Gasteiger charge is -2.16. The van der Waals surface area contributed by atoms with Crippen molar-refractivity contribution in [3.63, 3.8) is 0 Å². The summed E-state index contributed by atoms with van der Waals surface area (Å²) >= 11 is 0. The molecule has 0 fully saturated rings. The van der Waals surface area contributed by atoms with Gasteiger partial charge in [0.05, 0.1) is 5.69 Å². The van der Waals surface area contributed by atoms with Crippen molar-refractivity contribution >= 4 is 33.4 Å². The van der Waals surface area contributed by atoms with Crippen molar-refractivity contribution in [2.75, 3.05) is 0 Å². The third kappa shape index (κ3) is 3.57. The van der Waals surface area contributed by atoms with Gasteiger partial charge >= 0.3 is 0 Å². The van der Waals surface area contributed by atoms with E-state index in [9.17, 15) is 0 Å². The van der Waals surface area contributed by atoms with Gasteiger partial charge in [0.25, 0.3) is 0 Å². The molecule has 28 heavy (non-hydrogen) atoms. The predicted octanol–water partition coefficient (Wildman–Crippen LogP) is 7.99. The molecule has 4 aromatic rings. The SMILES string of the molecule is CC(C)c1cccc(C(C)C)c1N=Cc1ccc2cc3ccccc3cc2c1. The molecular formula is C27H27N. The minimum Gasteiger partial charge on any atom is -0.256 e. The predicted molar refractivity (Wildman–Crippen MR) is 123 cm³/mol. The number of fused-ring (bicyclic) bond motifs is 2. The molecule has 0 radical (unpaired) electrons. The molecule has 0 aliphatic carbocycles. The highest BCUT2D eigenvalue weighted by molar-refractivity contribution is 6.00. The molecule has 0 spiro atoms. The molecule has 0 aromatic heterocycles. The minimum absolute atomic E-state index is 0.453. The Kier molecular flexibility index (Phi) is 5.00. The molecule has 140 valence electrons. The molecule has 4 aromatic carbocycles. The standard InChI is InChI=1S/C27H27N/c1-18(2)25-10-7-11-26(19(3)4)27(25)28-17-20-12-13-23-15-21-8-5-6-9-22(21)16-24(23)14-20/h5-19H,1-4H3. The van der Waals surface area contributed by atoms with Crippen LogP contribution in [0.4, 0.5) is 5.69 Å². The van der Waals surface area contributed by atoms with Gasteiger partial charge in [0.15, 0.2) is 0 Å². The fourth-order valence-corrected chi connectivity index (χ4v) is 3.84. The Morgan fingerprint density at radius 1 is 0.607 bits per heavy atom. The summed E-state index contributed by atoms with van der Waals surface area (Å²) in [4.78, 5) is 4.96. The summed E-state index contributed by atoms with van der Waals surface area (Å²) in [6, 6.07) is 26.2. The highest BCUT2D eigenvalue weighted by Crippen LogP contribution is 2.34. The number of hydrogen-bond acceptors (Lipinski definition) is 1. The average Bonchev–Trinajstić information content (AvgIpc) is 2.70. The smallest absolute Gasteiger partial charge is 0.0699 e. The molecule has 0 saturated carbocycles. The topological polar surface area (TPSA) is 12.4 Å². The van der Waals surface area contributed by atoms with E-state index in [2.05, 4.69) is 100 Å². The van der Waals surface area contributed by atoms with Gasteiger partial charge in [0.1, 0.15) is 0 Å². The van der Waals surface area contributed by atoms with Crippen molar-refractivity contribution in [2.24, 2.45) is 4.99 Å². The van der Waals surface area contributed by atoms with Crippen LogP contribution in [0.5, 0.6) is 0 Å². The molecule has 4 rings (SSSR count). The van der Waals surface area contributed by atoms with Crippen molar-refractivity contribution in [1.82, 2.24) is 0 Å². The van der Waals surface area contributed by atoms with Gasteiger partial charge in [-0.2, -0.15) is 0 Å². The summed E-state index contributed by atoms with van der Waals surface area (Å²) in [6.07, 6.45) is 2.02. The molecule has 0 unspecified atom stereocenters. The van der Waals surface area contributed by atoms with Gasteiger partial charge in [-0.05, 0) is 68.3 Å².